The van der Waals surface area contributed by atoms with Crippen molar-refractivity contribution in [2.45, 2.75) is 26.3 Å². The predicted molar refractivity (Wildman–Crippen MR) is 80.0 cm³/mol. The van der Waals surface area contributed by atoms with Crippen LogP contribution in [0.1, 0.15) is 20.3 Å². The van der Waals surface area contributed by atoms with Crippen LogP contribution in [0.15, 0.2) is 18.2 Å². The third-order valence-electron chi connectivity index (χ3n) is 3.34. The second-order valence-corrected chi connectivity index (χ2v) is 5.97. The Morgan fingerprint density at radius 1 is 1.35 bits per heavy atom. The lowest BCUT2D eigenvalue weighted by Gasteiger charge is -2.20. The monoisotopic (exact) mass is 314 g/mol. The Bertz CT molecular complexity index is 546. The van der Waals surface area contributed by atoms with Crippen LogP contribution in [0.5, 0.6) is 0 Å². The highest BCUT2D eigenvalue weighted by atomic mass is 35.5. The molecule has 2 rings (SSSR count). The van der Waals surface area contributed by atoms with Crippen molar-refractivity contribution in [2.75, 3.05) is 11.9 Å². The molecule has 0 bridgehead atoms. The van der Waals surface area contributed by atoms with Crippen molar-refractivity contribution in [1.82, 2.24) is 4.90 Å². The van der Waals surface area contributed by atoms with Gasteiger partial charge in [-0.15, -0.1) is 0 Å². The van der Waals surface area contributed by atoms with E-state index >= 15 is 0 Å². The lowest BCUT2D eigenvalue weighted by atomic mass is 10.1. The topological polar surface area (TPSA) is 49.4 Å². The minimum absolute atomic E-state index is 0.0225. The number of carbonyl (C=O) groups is 2. The van der Waals surface area contributed by atoms with Crippen LogP contribution >= 0.6 is 23.2 Å². The average molecular weight is 315 g/mol. The first-order valence-corrected chi connectivity index (χ1v) is 7.19. The molecule has 0 unspecified atom stereocenters. The van der Waals surface area contributed by atoms with Gasteiger partial charge in [0.05, 0.1) is 16.0 Å². The second-order valence-electron chi connectivity index (χ2n) is 5.16. The summed E-state index contributed by atoms with van der Waals surface area (Å²) in [7, 11) is 0. The fourth-order valence-electron chi connectivity index (χ4n) is 2.22. The summed E-state index contributed by atoms with van der Waals surface area (Å²) in [5.74, 6) is -0.464. The number of carbonyl (C=O) groups excluding carboxylic acids is 2. The molecule has 1 aliphatic rings. The van der Waals surface area contributed by atoms with Crippen molar-refractivity contribution >= 4 is 40.7 Å². The molecule has 0 aliphatic carbocycles. The van der Waals surface area contributed by atoms with Crippen molar-refractivity contribution in [3.63, 3.8) is 0 Å². The zero-order valence-corrected chi connectivity index (χ0v) is 12.8. The lowest BCUT2D eigenvalue weighted by Crippen LogP contribution is -2.33. The summed E-state index contributed by atoms with van der Waals surface area (Å²) in [6.45, 7) is 4.35. The molecule has 1 saturated heterocycles. The van der Waals surface area contributed by atoms with Crippen molar-refractivity contribution in [3.05, 3.63) is 28.2 Å². The molecule has 0 spiro atoms. The fourth-order valence-corrected chi connectivity index (χ4v) is 2.52. The minimum atomic E-state index is -0.320. The van der Waals surface area contributed by atoms with Crippen LogP contribution in [-0.4, -0.2) is 29.3 Å². The maximum atomic E-state index is 12.2. The van der Waals surface area contributed by atoms with Gasteiger partial charge >= 0.3 is 0 Å². The summed E-state index contributed by atoms with van der Waals surface area (Å²) >= 11 is 11.7. The van der Waals surface area contributed by atoms with Gasteiger partial charge in [0.15, 0.2) is 0 Å². The quantitative estimate of drug-likeness (QED) is 0.931. The zero-order chi connectivity index (χ0) is 14.9. The number of hydrogen-bond acceptors (Lipinski definition) is 2. The molecule has 108 valence electrons. The Morgan fingerprint density at radius 2 is 2.05 bits per heavy atom. The molecule has 0 radical (unpaired) electrons. The summed E-state index contributed by atoms with van der Waals surface area (Å²) in [4.78, 5) is 25.7. The summed E-state index contributed by atoms with van der Waals surface area (Å²) in [6, 6.07) is 5.02. The second kappa shape index (κ2) is 6.02. The van der Waals surface area contributed by atoms with Crippen LogP contribution in [-0.2, 0) is 9.59 Å². The molecule has 4 nitrogen and oxygen atoms in total. The SMILES string of the molecule is CC(C)N1C[C@@H](C(=O)Nc2ccc(Cl)c(Cl)c2)CC1=O. The predicted octanol–water partition coefficient (Wildman–Crippen LogP) is 3.19. The molecular weight excluding hydrogens is 299 g/mol. The van der Waals surface area contributed by atoms with E-state index in [1.54, 1.807) is 23.1 Å². The van der Waals surface area contributed by atoms with Crippen LogP contribution in [0.4, 0.5) is 5.69 Å². The number of hydrogen-bond donors (Lipinski definition) is 1. The lowest BCUT2D eigenvalue weighted by molar-refractivity contribution is -0.129. The first-order valence-electron chi connectivity index (χ1n) is 6.44. The number of benzene rings is 1. The number of rotatable bonds is 3. The first-order chi connectivity index (χ1) is 9.38. The molecule has 1 atom stereocenters. The average Bonchev–Trinajstić information content (AvgIpc) is 2.76. The number of nitrogens with zero attached hydrogens (tertiary/aromatic N) is 1. The Morgan fingerprint density at radius 3 is 2.60 bits per heavy atom. The van der Waals surface area contributed by atoms with Gasteiger partial charge in [0.25, 0.3) is 0 Å². The molecule has 0 aromatic heterocycles. The molecule has 1 aromatic carbocycles. The number of likely N-dealkylation sites (tertiary alicyclic amines) is 1. The summed E-state index contributed by atoms with van der Waals surface area (Å²) in [5.41, 5.74) is 0.583. The minimum Gasteiger partial charge on any atom is -0.339 e. The van der Waals surface area contributed by atoms with E-state index in [-0.39, 0.29) is 30.2 Å². The van der Waals surface area contributed by atoms with Crippen LogP contribution in [0.2, 0.25) is 10.0 Å². The molecule has 2 amide bonds. The van der Waals surface area contributed by atoms with Gasteiger partial charge in [-0.1, -0.05) is 23.2 Å². The van der Waals surface area contributed by atoms with Gasteiger partial charge in [0, 0.05) is 24.7 Å². The largest absolute Gasteiger partial charge is 0.339 e. The van der Waals surface area contributed by atoms with E-state index in [0.717, 1.165) is 0 Å². The van der Waals surface area contributed by atoms with Gasteiger partial charge in [0.2, 0.25) is 11.8 Å². The standard InChI is InChI=1S/C14H16Cl2N2O2/c1-8(2)18-7-9(5-13(18)19)14(20)17-10-3-4-11(15)12(16)6-10/h3-4,6,8-9H,5,7H2,1-2H3,(H,17,20)/t9-/m0/s1. The van der Waals surface area contributed by atoms with Gasteiger partial charge in [-0.3, -0.25) is 9.59 Å². The van der Waals surface area contributed by atoms with Crippen molar-refractivity contribution in [3.8, 4) is 0 Å². The van der Waals surface area contributed by atoms with Crippen molar-refractivity contribution < 1.29 is 9.59 Å². The fraction of sp³-hybridized carbons (Fsp3) is 0.429. The van der Waals surface area contributed by atoms with Crippen LogP contribution < -0.4 is 5.32 Å². The number of halogens is 2. The molecule has 0 saturated carbocycles. The van der Waals surface area contributed by atoms with E-state index in [1.807, 2.05) is 13.8 Å². The van der Waals surface area contributed by atoms with Gasteiger partial charge in [-0.05, 0) is 32.0 Å². The summed E-state index contributed by atoms with van der Waals surface area (Å²) in [5, 5.41) is 3.59. The third-order valence-corrected chi connectivity index (χ3v) is 4.08. The number of nitrogens with one attached hydrogen (secondary N) is 1. The van der Waals surface area contributed by atoms with Gasteiger partial charge in [-0.2, -0.15) is 0 Å². The van der Waals surface area contributed by atoms with Crippen LogP contribution in [0, 0.1) is 5.92 Å². The zero-order valence-electron chi connectivity index (χ0n) is 11.3. The van der Waals surface area contributed by atoms with Crippen molar-refractivity contribution in [1.29, 1.82) is 0 Å². The Balaban J connectivity index is 2.02. The number of anilines is 1. The Labute approximate surface area is 128 Å². The highest BCUT2D eigenvalue weighted by Gasteiger charge is 2.35. The molecule has 1 aliphatic heterocycles. The Hall–Kier alpha value is -1.26. The molecular formula is C14H16Cl2N2O2. The Kier molecular flexibility index (Phi) is 4.55. The van der Waals surface area contributed by atoms with Crippen molar-refractivity contribution in [2.24, 2.45) is 5.92 Å². The van der Waals surface area contributed by atoms with E-state index in [2.05, 4.69) is 5.32 Å². The van der Waals surface area contributed by atoms with E-state index in [9.17, 15) is 9.59 Å². The number of amides is 2. The summed E-state index contributed by atoms with van der Waals surface area (Å²) in [6.07, 6.45) is 0.255. The van der Waals surface area contributed by atoms with Crippen LogP contribution in [0.3, 0.4) is 0 Å². The molecule has 1 aromatic rings. The maximum absolute atomic E-state index is 12.2. The smallest absolute Gasteiger partial charge is 0.229 e. The van der Waals surface area contributed by atoms with Gasteiger partial charge in [0.1, 0.15) is 0 Å². The highest BCUT2D eigenvalue weighted by molar-refractivity contribution is 6.42. The molecule has 6 heteroatoms. The van der Waals surface area contributed by atoms with E-state index in [0.29, 0.717) is 22.3 Å². The highest BCUT2D eigenvalue weighted by Crippen LogP contribution is 2.26. The van der Waals surface area contributed by atoms with E-state index < -0.39 is 0 Å². The molecule has 1 heterocycles. The maximum Gasteiger partial charge on any atom is 0.229 e. The van der Waals surface area contributed by atoms with Crippen LogP contribution in [0.25, 0.3) is 0 Å². The van der Waals surface area contributed by atoms with Gasteiger partial charge < -0.3 is 10.2 Å². The molecule has 20 heavy (non-hydrogen) atoms. The first kappa shape index (κ1) is 15.1. The summed E-state index contributed by atoms with van der Waals surface area (Å²) < 4.78 is 0. The third kappa shape index (κ3) is 3.25. The molecule has 1 N–H and O–H groups in total. The normalized spacial score (nSPS) is 18.8. The van der Waals surface area contributed by atoms with E-state index in [1.165, 1.54) is 0 Å². The van der Waals surface area contributed by atoms with Gasteiger partial charge in [-0.25, -0.2) is 0 Å². The van der Waals surface area contributed by atoms with E-state index in [4.69, 9.17) is 23.2 Å². The molecule has 1 fully saturated rings.